The Bertz CT molecular complexity index is 1210. The van der Waals surface area contributed by atoms with Crippen molar-refractivity contribution < 1.29 is 58.8 Å². The van der Waals surface area contributed by atoms with Crippen LogP contribution in [0.4, 0.5) is 4.39 Å². The number of methoxy groups -OCH3 is 1. The van der Waals surface area contributed by atoms with Crippen LogP contribution in [-0.4, -0.2) is 45.3 Å². The normalized spacial score (nSPS) is 16.6. The molecule has 37 heavy (non-hydrogen) atoms. The van der Waals surface area contributed by atoms with Crippen LogP contribution in [0.2, 0.25) is 0 Å². The number of hydrogen-bond donors (Lipinski definition) is 2. The molecule has 2 N–H and O–H groups in total. The van der Waals surface area contributed by atoms with Gasteiger partial charge < -0.3 is 24.9 Å². The molecule has 1 aliphatic rings. The fraction of sp³-hybridized carbons (Fsp3) is 0.357. The largest absolute Gasteiger partial charge is 1.00 e. The molecule has 0 bridgehead atoms. The molecule has 0 aliphatic heterocycles. The van der Waals surface area contributed by atoms with E-state index in [-0.39, 0.29) is 47.7 Å². The Balaban J connectivity index is 0.00000380. The van der Waals surface area contributed by atoms with Crippen molar-refractivity contribution in [1.82, 2.24) is 9.78 Å². The summed E-state index contributed by atoms with van der Waals surface area (Å²) in [6.07, 6.45) is 3.96. The van der Waals surface area contributed by atoms with Crippen LogP contribution in [0.25, 0.3) is 11.8 Å². The summed E-state index contributed by atoms with van der Waals surface area (Å²) in [5.41, 5.74) is 4.71. The van der Waals surface area contributed by atoms with Crippen molar-refractivity contribution in [2.24, 2.45) is 0 Å². The van der Waals surface area contributed by atoms with Gasteiger partial charge in [-0.2, -0.15) is 5.10 Å². The molecule has 0 fully saturated rings. The first-order valence-corrected chi connectivity index (χ1v) is 12.1. The van der Waals surface area contributed by atoms with Gasteiger partial charge in [0.2, 0.25) is 0 Å². The van der Waals surface area contributed by atoms with E-state index >= 15 is 0 Å². The molecule has 1 heterocycles. The van der Waals surface area contributed by atoms with Crippen molar-refractivity contribution in [1.29, 1.82) is 0 Å². The number of carboxylic acid groups (broad SMARTS) is 1. The molecule has 0 amide bonds. The standard InChI is InChI=1S/C28H31FN2O5.Na/c1-36-24-12-5-18(6-13-24)15-19-3-2-4-25-26(14-11-22(32)16-23(33)17-27(34)35)31(30-28(19)25)21-9-7-20(29)8-10-21;/h5-14,19,22-23,32-33H,2-4,15-17H2,1H3,(H,34,35);/q;+1/p-1/b14-11+;/t19?,22-,23-;/m0./s1. The summed E-state index contributed by atoms with van der Waals surface area (Å²) in [6, 6.07) is 14.1. The van der Waals surface area contributed by atoms with Gasteiger partial charge in [-0.15, -0.1) is 0 Å². The number of halogens is 1. The Kier molecular flexibility index (Phi) is 10.5. The maximum Gasteiger partial charge on any atom is 1.00 e. The third kappa shape index (κ3) is 7.52. The Morgan fingerprint density at radius 1 is 1.22 bits per heavy atom. The molecular formula is C28H30FN2NaO5. The van der Waals surface area contributed by atoms with Gasteiger partial charge >= 0.3 is 29.6 Å². The number of hydrogen-bond acceptors (Lipinski definition) is 6. The molecule has 2 aromatic carbocycles. The van der Waals surface area contributed by atoms with Crippen molar-refractivity contribution in [3.63, 3.8) is 0 Å². The molecule has 1 aliphatic carbocycles. The molecule has 0 saturated carbocycles. The first kappa shape index (κ1) is 29.1. The average molecular weight is 517 g/mol. The number of aliphatic carboxylic acids is 1. The van der Waals surface area contributed by atoms with E-state index in [4.69, 9.17) is 9.84 Å². The fourth-order valence-corrected chi connectivity index (χ4v) is 4.76. The van der Waals surface area contributed by atoms with Gasteiger partial charge in [-0.3, -0.25) is 0 Å². The van der Waals surface area contributed by atoms with Crippen LogP contribution in [0.5, 0.6) is 5.75 Å². The second kappa shape index (κ2) is 13.3. The van der Waals surface area contributed by atoms with Crippen molar-refractivity contribution in [3.05, 3.63) is 82.9 Å². The number of aliphatic hydroxyl groups is 2. The molecule has 0 spiro atoms. The predicted octanol–water partition coefficient (Wildman–Crippen LogP) is -0.0483. The SMILES string of the molecule is COc1ccc(CC2CCCc3c2nn(-c2ccc(F)cc2)c3/C=C/[C@H](O)C[C@H](O)CC(=O)[O-])cc1.[Na+]. The summed E-state index contributed by atoms with van der Waals surface area (Å²) in [7, 11) is 1.64. The van der Waals surface area contributed by atoms with E-state index in [2.05, 4.69) is 12.1 Å². The third-order valence-electron chi connectivity index (χ3n) is 6.52. The van der Waals surface area contributed by atoms with Crippen molar-refractivity contribution in [2.75, 3.05) is 7.11 Å². The Labute approximate surface area is 237 Å². The zero-order chi connectivity index (χ0) is 25.7. The number of carbonyl (C=O) groups excluding carboxylic acids is 1. The van der Waals surface area contributed by atoms with Crippen LogP contribution in [0, 0.1) is 5.82 Å². The number of carbonyl (C=O) groups is 1. The zero-order valence-electron chi connectivity index (χ0n) is 21.1. The van der Waals surface area contributed by atoms with Crippen molar-refractivity contribution >= 4 is 12.0 Å². The van der Waals surface area contributed by atoms with Crippen LogP contribution >= 0.6 is 0 Å². The number of benzene rings is 2. The monoisotopic (exact) mass is 516 g/mol. The Hall–Kier alpha value is -2.49. The van der Waals surface area contributed by atoms with Gasteiger partial charge in [-0.1, -0.05) is 18.2 Å². The first-order chi connectivity index (χ1) is 17.3. The summed E-state index contributed by atoms with van der Waals surface area (Å²) in [5.74, 6) is -0.710. The Morgan fingerprint density at radius 2 is 1.92 bits per heavy atom. The van der Waals surface area contributed by atoms with Crippen LogP contribution in [0.3, 0.4) is 0 Å². The molecular weight excluding hydrogens is 486 g/mol. The van der Waals surface area contributed by atoms with Crippen molar-refractivity contribution in [3.8, 4) is 11.4 Å². The summed E-state index contributed by atoms with van der Waals surface area (Å²) in [6.45, 7) is 0. The summed E-state index contributed by atoms with van der Waals surface area (Å²) in [4.78, 5) is 10.7. The minimum atomic E-state index is -1.37. The van der Waals surface area contributed by atoms with Crippen LogP contribution < -0.4 is 39.4 Å². The maximum atomic E-state index is 13.6. The number of carboxylic acids is 1. The smallest absolute Gasteiger partial charge is 0.550 e. The van der Waals surface area contributed by atoms with Gasteiger partial charge in [0.1, 0.15) is 11.6 Å². The summed E-state index contributed by atoms with van der Waals surface area (Å²) >= 11 is 0. The maximum absolute atomic E-state index is 13.6. The van der Waals surface area contributed by atoms with E-state index in [0.717, 1.165) is 48.4 Å². The second-order valence-electron chi connectivity index (χ2n) is 9.17. The van der Waals surface area contributed by atoms with Gasteiger partial charge in [-0.05, 0) is 73.7 Å². The number of nitrogens with zero attached hydrogens (tertiary/aromatic N) is 2. The van der Waals surface area contributed by atoms with Gasteiger partial charge in [-0.25, -0.2) is 9.07 Å². The molecule has 4 rings (SSSR count). The molecule has 1 unspecified atom stereocenters. The van der Waals surface area contributed by atoms with Crippen LogP contribution in [0.15, 0.2) is 54.6 Å². The average Bonchev–Trinajstić information content (AvgIpc) is 3.22. The van der Waals surface area contributed by atoms with Crippen LogP contribution in [-0.2, 0) is 17.6 Å². The minimum absolute atomic E-state index is 0. The van der Waals surface area contributed by atoms with Gasteiger partial charge in [0.05, 0.1) is 36.4 Å². The molecule has 3 aromatic rings. The van der Waals surface area contributed by atoms with Gasteiger partial charge in [0, 0.05) is 30.3 Å². The van der Waals surface area contributed by atoms with E-state index in [1.165, 1.54) is 23.8 Å². The summed E-state index contributed by atoms with van der Waals surface area (Å²) in [5, 5.41) is 35.8. The quantitative estimate of drug-likeness (QED) is 0.366. The van der Waals surface area contributed by atoms with Gasteiger partial charge in [0.25, 0.3) is 0 Å². The molecule has 190 valence electrons. The second-order valence-corrected chi connectivity index (χ2v) is 9.17. The van der Waals surface area contributed by atoms with Crippen LogP contribution in [0.1, 0.15) is 54.1 Å². The first-order valence-electron chi connectivity index (χ1n) is 12.1. The van der Waals surface area contributed by atoms with E-state index in [0.29, 0.717) is 5.69 Å². The third-order valence-corrected chi connectivity index (χ3v) is 6.52. The van der Waals surface area contributed by atoms with Crippen molar-refractivity contribution in [2.45, 2.75) is 56.7 Å². The molecule has 0 saturated heterocycles. The van der Waals surface area contributed by atoms with E-state index < -0.39 is 24.6 Å². The fourth-order valence-electron chi connectivity index (χ4n) is 4.76. The number of aliphatic hydroxyl groups excluding tert-OH is 2. The summed E-state index contributed by atoms with van der Waals surface area (Å²) < 4.78 is 20.6. The molecule has 3 atom stereocenters. The van der Waals surface area contributed by atoms with E-state index in [1.807, 2.05) is 12.1 Å². The topological polar surface area (TPSA) is 108 Å². The minimum Gasteiger partial charge on any atom is -0.550 e. The zero-order valence-corrected chi connectivity index (χ0v) is 23.1. The molecule has 0 radical (unpaired) electrons. The number of ether oxygens (including phenoxy) is 1. The van der Waals surface area contributed by atoms with E-state index in [9.17, 15) is 24.5 Å². The number of fused-ring (bicyclic) bond motifs is 1. The molecule has 9 heteroatoms. The number of aromatic nitrogens is 2. The molecule has 7 nitrogen and oxygen atoms in total. The molecule has 1 aromatic heterocycles. The Morgan fingerprint density at radius 3 is 2.57 bits per heavy atom. The van der Waals surface area contributed by atoms with Gasteiger partial charge in [0.15, 0.2) is 0 Å². The van der Waals surface area contributed by atoms with E-state index in [1.54, 1.807) is 30.0 Å². The predicted molar refractivity (Wildman–Crippen MR) is 131 cm³/mol. The number of rotatable bonds is 10.